The maximum atomic E-state index is 10.2. The van der Waals surface area contributed by atoms with Gasteiger partial charge >= 0.3 is 0 Å². The number of aryl methyl sites for hydroxylation is 1. The van der Waals surface area contributed by atoms with Crippen molar-refractivity contribution in [2.24, 2.45) is 0 Å². The Morgan fingerprint density at radius 3 is 2.47 bits per heavy atom. The third-order valence-electron chi connectivity index (χ3n) is 3.01. The van der Waals surface area contributed by atoms with E-state index in [1.165, 1.54) is 5.56 Å². The van der Waals surface area contributed by atoms with Gasteiger partial charge in [0.1, 0.15) is 5.75 Å². The van der Waals surface area contributed by atoms with Crippen LogP contribution in [0.2, 0.25) is 0 Å². The summed E-state index contributed by atoms with van der Waals surface area (Å²) >= 11 is 0. The largest absolute Gasteiger partial charge is 0.496 e. The summed E-state index contributed by atoms with van der Waals surface area (Å²) in [5.74, 6) is 0.809. The van der Waals surface area contributed by atoms with Crippen LogP contribution >= 0.6 is 0 Å². The van der Waals surface area contributed by atoms with Crippen LogP contribution in [0.1, 0.15) is 37.9 Å². The number of hydrogen-bond donors (Lipinski definition) is 2. The molecule has 3 nitrogen and oxygen atoms in total. The smallest absolute Gasteiger partial charge is 0.123 e. The molecular weight excluding hydrogens is 214 g/mol. The predicted octanol–water partition coefficient (Wildman–Crippen LogP) is 2.29. The summed E-state index contributed by atoms with van der Waals surface area (Å²) in [6.45, 7) is 5.71. The van der Waals surface area contributed by atoms with E-state index in [9.17, 15) is 5.11 Å². The topological polar surface area (TPSA) is 41.5 Å². The maximum Gasteiger partial charge on any atom is 0.123 e. The normalized spacial score (nSPS) is 13.5. The highest BCUT2D eigenvalue weighted by Gasteiger charge is 2.29. The number of nitrogens with one attached hydrogen (secondary N) is 1. The molecule has 1 aromatic carbocycles. The molecule has 0 radical (unpaired) electrons. The van der Waals surface area contributed by atoms with E-state index in [0.29, 0.717) is 0 Å². The van der Waals surface area contributed by atoms with Crippen LogP contribution in [0.15, 0.2) is 18.2 Å². The second kappa shape index (κ2) is 5.52. The highest BCUT2D eigenvalue weighted by atomic mass is 16.5. The molecule has 1 unspecified atom stereocenters. The van der Waals surface area contributed by atoms with E-state index in [-0.39, 0.29) is 6.04 Å². The molecule has 1 aromatic rings. The lowest BCUT2D eigenvalue weighted by Crippen LogP contribution is -2.37. The van der Waals surface area contributed by atoms with Gasteiger partial charge in [-0.1, -0.05) is 19.1 Å². The van der Waals surface area contributed by atoms with Crippen molar-refractivity contribution in [2.75, 3.05) is 14.2 Å². The zero-order valence-electron chi connectivity index (χ0n) is 11.4. The van der Waals surface area contributed by atoms with Gasteiger partial charge in [-0.2, -0.15) is 0 Å². The number of rotatable bonds is 5. The van der Waals surface area contributed by atoms with E-state index >= 15 is 0 Å². The molecule has 3 heteroatoms. The number of likely N-dealkylation sites (N-methyl/N-ethyl adjacent to an activating group) is 1. The molecular formula is C14H23NO2. The van der Waals surface area contributed by atoms with Crippen LogP contribution in [0.4, 0.5) is 0 Å². The first-order valence-electron chi connectivity index (χ1n) is 6.00. The van der Waals surface area contributed by atoms with Crippen LogP contribution in [0, 0.1) is 0 Å². The third kappa shape index (κ3) is 3.20. The van der Waals surface area contributed by atoms with Gasteiger partial charge in [0.25, 0.3) is 0 Å². The van der Waals surface area contributed by atoms with Crippen molar-refractivity contribution in [2.45, 2.75) is 38.8 Å². The van der Waals surface area contributed by atoms with Gasteiger partial charge in [0.2, 0.25) is 0 Å². The number of ether oxygens (including phenoxy) is 1. The first-order chi connectivity index (χ1) is 7.93. The minimum absolute atomic E-state index is 0.149. The van der Waals surface area contributed by atoms with Gasteiger partial charge in [0, 0.05) is 5.56 Å². The molecule has 96 valence electrons. The molecule has 0 aliphatic carbocycles. The first kappa shape index (κ1) is 14.0. The van der Waals surface area contributed by atoms with Gasteiger partial charge < -0.3 is 15.2 Å². The summed E-state index contributed by atoms with van der Waals surface area (Å²) < 4.78 is 5.37. The lowest BCUT2D eigenvalue weighted by molar-refractivity contribution is 0.0391. The molecule has 0 aliphatic heterocycles. The Balaban J connectivity index is 3.25. The van der Waals surface area contributed by atoms with Crippen molar-refractivity contribution >= 4 is 0 Å². The number of benzene rings is 1. The SMILES string of the molecule is CCc1ccc(OC)c(C(NC)C(C)(C)O)c1. The molecule has 0 spiro atoms. The molecule has 1 rings (SSSR count). The Morgan fingerprint density at radius 2 is 2.06 bits per heavy atom. The van der Waals surface area contributed by atoms with Crippen molar-refractivity contribution in [3.63, 3.8) is 0 Å². The first-order valence-corrected chi connectivity index (χ1v) is 6.00. The summed E-state index contributed by atoms with van der Waals surface area (Å²) in [7, 11) is 3.50. The molecule has 2 N–H and O–H groups in total. The number of hydrogen-bond acceptors (Lipinski definition) is 3. The predicted molar refractivity (Wildman–Crippen MR) is 70.5 cm³/mol. The molecule has 0 amide bonds. The lowest BCUT2D eigenvalue weighted by atomic mass is 9.90. The van der Waals surface area contributed by atoms with Crippen molar-refractivity contribution in [1.82, 2.24) is 5.32 Å². The van der Waals surface area contributed by atoms with Gasteiger partial charge in [-0.25, -0.2) is 0 Å². The van der Waals surface area contributed by atoms with Crippen LogP contribution in [-0.4, -0.2) is 24.9 Å². The van der Waals surface area contributed by atoms with Crippen LogP contribution in [0.25, 0.3) is 0 Å². The average Bonchev–Trinajstić information content (AvgIpc) is 2.28. The van der Waals surface area contributed by atoms with E-state index in [0.717, 1.165) is 17.7 Å². The van der Waals surface area contributed by atoms with Crippen molar-refractivity contribution in [1.29, 1.82) is 0 Å². The van der Waals surface area contributed by atoms with E-state index in [1.54, 1.807) is 21.0 Å². The summed E-state index contributed by atoms with van der Waals surface area (Å²) in [5, 5.41) is 13.4. The highest BCUT2D eigenvalue weighted by molar-refractivity contribution is 5.40. The van der Waals surface area contributed by atoms with Crippen LogP contribution < -0.4 is 10.1 Å². The quantitative estimate of drug-likeness (QED) is 0.825. The van der Waals surface area contributed by atoms with E-state index in [4.69, 9.17) is 4.74 Å². The van der Waals surface area contributed by atoms with E-state index in [1.807, 2.05) is 13.1 Å². The van der Waals surface area contributed by atoms with Crippen LogP contribution in [0.3, 0.4) is 0 Å². The summed E-state index contributed by atoms with van der Waals surface area (Å²) in [6.07, 6.45) is 0.972. The molecule has 0 heterocycles. The highest BCUT2D eigenvalue weighted by Crippen LogP contribution is 2.32. The van der Waals surface area contributed by atoms with E-state index < -0.39 is 5.60 Å². The number of aliphatic hydroxyl groups is 1. The summed E-state index contributed by atoms with van der Waals surface area (Å²) in [4.78, 5) is 0. The molecule has 0 bridgehead atoms. The van der Waals surface area contributed by atoms with Crippen LogP contribution in [0.5, 0.6) is 5.75 Å². The van der Waals surface area contributed by atoms with Crippen molar-refractivity contribution in [3.8, 4) is 5.75 Å². The second-order valence-electron chi connectivity index (χ2n) is 4.81. The Morgan fingerprint density at radius 1 is 1.41 bits per heavy atom. The minimum Gasteiger partial charge on any atom is -0.496 e. The van der Waals surface area contributed by atoms with Gasteiger partial charge in [0.05, 0.1) is 18.8 Å². The van der Waals surface area contributed by atoms with Gasteiger partial charge in [-0.15, -0.1) is 0 Å². The fraction of sp³-hybridized carbons (Fsp3) is 0.571. The molecule has 17 heavy (non-hydrogen) atoms. The average molecular weight is 237 g/mol. The maximum absolute atomic E-state index is 10.2. The van der Waals surface area contributed by atoms with Gasteiger partial charge in [-0.05, 0) is 38.9 Å². The molecule has 1 atom stereocenters. The van der Waals surface area contributed by atoms with E-state index in [2.05, 4.69) is 24.4 Å². The fourth-order valence-electron chi connectivity index (χ4n) is 2.12. The Bertz CT molecular complexity index is 369. The lowest BCUT2D eigenvalue weighted by Gasteiger charge is -2.30. The number of methoxy groups -OCH3 is 1. The van der Waals surface area contributed by atoms with Gasteiger partial charge in [0.15, 0.2) is 0 Å². The Labute approximate surface area is 104 Å². The standard InChI is InChI=1S/C14H23NO2/c1-6-10-7-8-12(17-5)11(9-10)13(15-4)14(2,3)16/h7-9,13,15-16H,6H2,1-5H3. The zero-order chi connectivity index (χ0) is 13.1. The summed E-state index contributed by atoms with van der Waals surface area (Å²) in [6, 6.07) is 5.96. The van der Waals surface area contributed by atoms with Gasteiger partial charge in [-0.3, -0.25) is 0 Å². The van der Waals surface area contributed by atoms with Crippen molar-refractivity contribution < 1.29 is 9.84 Å². The third-order valence-corrected chi connectivity index (χ3v) is 3.01. The summed E-state index contributed by atoms with van der Waals surface area (Å²) in [5.41, 5.74) is 1.40. The minimum atomic E-state index is -0.839. The molecule has 0 saturated heterocycles. The van der Waals surface area contributed by atoms with Crippen LogP contribution in [-0.2, 0) is 6.42 Å². The Kier molecular flexibility index (Phi) is 4.54. The Hall–Kier alpha value is -1.06. The molecule has 0 fully saturated rings. The fourth-order valence-corrected chi connectivity index (χ4v) is 2.12. The molecule has 0 aromatic heterocycles. The zero-order valence-corrected chi connectivity index (χ0v) is 11.4. The molecule has 0 aliphatic rings. The monoisotopic (exact) mass is 237 g/mol. The molecule has 0 saturated carbocycles. The van der Waals surface area contributed by atoms with Crippen molar-refractivity contribution in [3.05, 3.63) is 29.3 Å². The second-order valence-corrected chi connectivity index (χ2v) is 4.81.